The maximum absolute atomic E-state index is 12.7. The lowest BCUT2D eigenvalue weighted by atomic mass is 9.97. The predicted molar refractivity (Wildman–Crippen MR) is 99.6 cm³/mol. The van der Waals surface area contributed by atoms with Crippen molar-refractivity contribution in [2.24, 2.45) is 11.7 Å². The van der Waals surface area contributed by atoms with Crippen LogP contribution < -0.4 is 16.0 Å². The van der Waals surface area contributed by atoms with E-state index >= 15 is 0 Å². The lowest BCUT2D eigenvalue weighted by Crippen LogP contribution is -2.46. The number of benzene rings is 1. The van der Waals surface area contributed by atoms with E-state index < -0.39 is 6.03 Å². The van der Waals surface area contributed by atoms with E-state index in [4.69, 9.17) is 5.73 Å². The Morgan fingerprint density at radius 3 is 2.44 bits per heavy atom. The molecule has 0 bridgehead atoms. The highest BCUT2D eigenvalue weighted by atomic mass is 16.2. The third kappa shape index (κ3) is 4.44. The van der Waals surface area contributed by atoms with Crippen LogP contribution in [-0.2, 0) is 4.79 Å². The van der Waals surface area contributed by atoms with Gasteiger partial charge in [0.15, 0.2) is 0 Å². The molecule has 1 aromatic carbocycles. The monoisotopic (exact) mass is 344 g/mol. The number of urea groups is 1. The van der Waals surface area contributed by atoms with Gasteiger partial charge < -0.3 is 20.9 Å². The summed E-state index contributed by atoms with van der Waals surface area (Å²) in [7, 11) is 0. The maximum atomic E-state index is 12.7. The average Bonchev–Trinajstić information content (AvgIpc) is 2.91. The van der Waals surface area contributed by atoms with E-state index in [-0.39, 0.29) is 11.8 Å². The molecule has 6 nitrogen and oxygen atoms in total. The number of amides is 3. The minimum absolute atomic E-state index is 0.0202. The van der Waals surface area contributed by atoms with Crippen LogP contribution in [0.4, 0.5) is 16.2 Å². The largest absolute Gasteiger partial charge is 0.370 e. The van der Waals surface area contributed by atoms with Crippen LogP contribution in [0.3, 0.4) is 0 Å². The van der Waals surface area contributed by atoms with Crippen molar-refractivity contribution < 1.29 is 9.59 Å². The Labute approximate surface area is 149 Å². The molecule has 0 saturated carbocycles. The number of likely N-dealkylation sites (tertiary alicyclic amines) is 1. The van der Waals surface area contributed by atoms with Crippen molar-refractivity contribution in [3.05, 3.63) is 24.3 Å². The fraction of sp³-hybridized carbons (Fsp3) is 0.579. The van der Waals surface area contributed by atoms with Gasteiger partial charge in [0.25, 0.3) is 0 Å². The first-order valence-electron chi connectivity index (χ1n) is 9.34. The molecule has 2 aliphatic rings. The Morgan fingerprint density at radius 1 is 1.00 bits per heavy atom. The summed E-state index contributed by atoms with van der Waals surface area (Å²) in [6.07, 6.45) is 6.54. The predicted octanol–water partition coefficient (Wildman–Crippen LogP) is 2.80. The average molecular weight is 344 g/mol. The molecule has 0 aromatic heterocycles. The molecule has 0 spiro atoms. The third-order valence-corrected chi connectivity index (χ3v) is 5.21. The number of rotatable bonds is 3. The van der Waals surface area contributed by atoms with Crippen molar-refractivity contribution in [3.63, 3.8) is 0 Å². The van der Waals surface area contributed by atoms with Crippen LogP contribution in [0.25, 0.3) is 0 Å². The molecule has 0 unspecified atom stereocenters. The Hall–Kier alpha value is -2.24. The molecule has 3 N–H and O–H groups in total. The van der Waals surface area contributed by atoms with Gasteiger partial charge in [-0.15, -0.1) is 0 Å². The van der Waals surface area contributed by atoms with Crippen molar-refractivity contribution >= 4 is 23.3 Å². The fourth-order valence-corrected chi connectivity index (χ4v) is 3.79. The summed E-state index contributed by atoms with van der Waals surface area (Å²) in [6, 6.07) is 7.57. The molecule has 1 aromatic rings. The Balaban J connectivity index is 1.69. The molecule has 0 radical (unpaired) electrons. The van der Waals surface area contributed by atoms with Crippen LogP contribution >= 0.6 is 0 Å². The van der Waals surface area contributed by atoms with Crippen molar-refractivity contribution in [2.45, 2.75) is 38.5 Å². The second-order valence-corrected chi connectivity index (χ2v) is 7.03. The first-order valence-corrected chi connectivity index (χ1v) is 9.34. The summed E-state index contributed by atoms with van der Waals surface area (Å²) in [5, 5.41) is 3.10. The number of hydrogen-bond acceptors (Lipinski definition) is 3. The van der Waals surface area contributed by atoms with Gasteiger partial charge in [0.2, 0.25) is 5.91 Å². The van der Waals surface area contributed by atoms with Crippen molar-refractivity contribution in [1.82, 2.24) is 4.90 Å². The molecular weight excluding hydrogens is 316 g/mol. The molecule has 136 valence electrons. The van der Waals surface area contributed by atoms with Crippen LogP contribution in [0, 0.1) is 5.92 Å². The van der Waals surface area contributed by atoms with E-state index in [1.165, 1.54) is 25.7 Å². The molecule has 2 saturated heterocycles. The van der Waals surface area contributed by atoms with Gasteiger partial charge >= 0.3 is 6.03 Å². The van der Waals surface area contributed by atoms with Gasteiger partial charge in [0.05, 0.1) is 17.3 Å². The number of nitrogens with zero attached hydrogens (tertiary/aromatic N) is 2. The number of nitrogens with one attached hydrogen (secondary N) is 1. The Kier molecular flexibility index (Phi) is 5.79. The second-order valence-electron chi connectivity index (χ2n) is 7.03. The smallest absolute Gasteiger partial charge is 0.314 e. The molecule has 2 fully saturated rings. The fourth-order valence-electron chi connectivity index (χ4n) is 3.79. The topological polar surface area (TPSA) is 78.7 Å². The minimum atomic E-state index is -0.442. The van der Waals surface area contributed by atoms with E-state index in [1.54, 1.807) is 4.90 Å². The number of anilines is 2. The van der Waals surface area contributed by atoms with Crippen LogP contribution in [0.15, 0.2) is 24.3 Å². The Bertz CT molecular complexity index is 611. The first kappa shape index (κ1) is 17.6. The zero-order valence-corrected chi connectivity index (χ0v) is 14.7. The number of primary amides is 1. The maximum Gasteiger partial charge on any atom is 0.314 e. The highest BCUT2D eigenvalue weighted by Gasteiger charge is 2.28. The molecule has 1 atom stereocenters. The molecule has 3 rings (SSSR count). The van der Waals surface area contributed by atoms with Gasteiger partial charge in [-0.3, -0.25) is 4.79 Å². The van der Waals surface area contributed by atoms with Gasteiger partial charge in [-0.25, -0.2) is 4.79 Å². The molecule has 0 aliphatic carbocycles. The lowest BCUT2D eigenvalue weighted by molar-refractivity contribution is -0.121. The van der Waals surface area contributed by atoms with Crippen LogP contribution in [-0.4, -0.2) is 43.0 Å². The lowest BCUT2D eigenvalue weighted by Gasteiger charge is -2.31. The van der Waals surface area contributed by atoms with Crippen molar-refractivity contribution in [3.8, 4) is 0 Å². The number of carbonyl (C=O) groups is 2. The van der Waals surface area contributed by atoms with Crippen molar-refractivity contribution in [2.75, 3.05) is 36.4 Å². The molecule has 6 heteroatoms. The highest BCUT2D eigenvalue weighted by Crippen LogP contribution is 2.29. The Morgan fingerprint density at radius 2 is 1.72 bits per heavy atom. The van der Waals surface area contributed by atoms with E-state index in [0.717, 1.165) is 37.3 Å². The standard InChI is InChI=1S/C19H28N4O2/c20-19(25)23-13-7-8-15(14-23)18(24)21-16-9-3-4-10-17(16)22-11-5-1-2-6-12-22/h3-4,9-10,15H,1-2,5-8,11-14H2,(H2,20,25)(H,21,24)/t15-/m0/s1. The van der Waals surface area contributed by atoms with Crippen LogP contribution in [0.1, 0.15) is 38.5 Å². The normalized spacial score (nSPS) is 21.5. The number of carbonyl (C=O) groups excluding carboxylic acids is 2. The van der Waals surface area contributed by atoms with E-state index in [0.29, 0.717) is 13.1 Å². The van der Waals surface area contributed by atoms with Gasteiger partial charge in [-0.2, -0.15) is 0 Å². The van der Waals surface area contributed by atoms with E-state index in [2.05, 4.69) is 16.3 Å². The number of hydrogen-bond donors (Lipinski definition) is 2. The molecular formula is C19H28N4O2. The number of nitrogens with two attached hydrogens (primary N) is 1. The SMILES string of the molecule is NC(=O)N1CCC[C@H](C(=O)Nc2ccccc2N2CCCCCC2)C1. The summed E-state index contributed by atoms with van der Waals surface area (Å²) in [4.78, 5) is 28.1. The molecule has 2 heterocycles. The zero-order valence-electron chi connectivity index (χ0n) is 14.7. The first-order chi connectivity index (χ1) is 12.1. The van der Waals surface area contributed by atoms with Gasteiger partial charge in [-0.1, -0.05) is 25.0 Å². The zero-order chi connectivity index (χ0) is 17.6. The molecule has 25 heavy (non-hydrogen) atoms. The minimum Gasteiger partial charge on any atom is -0.370 e. The van der Waals surface area contributed by atoms with Crippen molar-refractivity contribution in [1.29, 1.82) is 0 Å². The van der Waals surface area contributed by atoms with E-state index in [9.17, 15) is 9.59 Å². The summed E-state index contributed by atoms with van der Waals surface area (Å²) in [5.74, 6) is -0.216. The quantitative estimate of drug-likeness (QED) is 0.885. The summed E-state index contributed by atoms with van der Waals surface area (Å²) in [5.41, 5.74) is 7.33. The number of para-hydroxylation sites is 2. The van der Waals surface area contributed by atoms with Gasteiger partial charge in [-0.05, 0) is 37.8 Å². The highest BCUT2D eigenvalue weighted by molar-refractivity contribution is 5.96. The number of piperidine rings is 1. The van der Waals surface area contributed by atoms with Crippen LogP contribution in [0.2, 0.25) is 0 Å². The van der Waals surface area contributed by atoms with Crippen LogP contribution in [0.5, 0.6) is 0 Å². The van der Waals surface area contributed by atoms with E-state index in [1.807, 2.05) is 18.2 Å². The molecule has 3 amide bonds. The third-order valence-electron chi connectivity index (χ3n) is 5.21. The molecule has 2 aliphatic heterocycles. The summed E-state index contributed by atoms with van der Waals surface area (Å²) < 4.78 is 0. The second kappa shape index (κ2) is 8.23. The summed E-state index contributed by atoms with van der Waals surface area (Å²) in [6.45, 7) is 3.12. The van der Waals surface area contributed by atoms with Gasteiger partial charge in [0, 0.05) is 26.2 Å². The summed E-state index contributed by atoms with van der Waals surface area (Å²) >= 11 is 0. The van der Waals surface area contributed by atoms with Gasteiger partial charge in [0.1, 0.15) is 0 Å².